The summed E-state index contributed by atoms with van der Waals surface area (Å²) in [5.74, 6) is -0.313. The zero-order valence-electron chi connectivity index (χ0n) is 10.8. The first-order valence-corrected chi connectivity index (χ1v) is 9.07. The predicted molar refractivity (Wildman–Crippen MR) is 70.9 cm³/mol. The molecule has 0 unspecified atom stereocenters. The molecule has 0 saturated carbocycles. The number of carbonyl (C=O) groups excluding carboxylic acids is 1. The van der Waals surface area contributed by atoms with E-state index in [0.717, 1.165) is 24.6 Å². The third-order valence-electron chi connectivity index (χ3n) is 2.40. The van der Waals surface area contributed by atoms with E-state index < -0.39 is 19.7 Å². The number of hydrogen-bond donors (Lipinski definition) is 1. The van der Waals surface area contributed by atoms with E-state index in [-0.39, 0.29) is 27.7 Å². The van der Waals surface area contributed by atoms with Gasteiger partial charge in [0.05, 0.1) is 16.3 Å². The van der Waals surface area contributed by atoms with Crippen LogP contribution < -0.4 is 5.32 Å². The second kappa shape index (κ2) is 5.40. The van der Waals surface area contributed by atoms with Crippen LogP contribution in [0.2, 0.25) is 0 Å². The average molecular weight is 305 g/mol. The molecule has 19 heavy (non-hydrogen) atoms. The molecule has 0 bridgehead atoms. The maximum absolute atomic E-state index is 11.7. The van der Waals surface area contributed by atoms with Gasteiger partial charge in [-0.25, -0.2) is 16.8 Å². The van der Waals surface area contributed by atoms with Gasteiger partial charge in [-0.2, -0.15) is 0 Å². The highest BCUT2D eigenvalue weighted by Gasteiger charge is 2.22. The van der Waals surface area contributed by atoms with Crippen LogP contribution in [0.5, 0.6) is 0 Å². The number of likely N-dealkylation sites (N-methyl/N-ethyl adjacent to an activating group) is 1. The first-order valence-electron chi connectivity index (χ1n) is 5.29. The molecule has 106 valence electrons. The lowest BCUT2D eigenvalue weighted by atomic mass is 10.1. The highest BCUT2D eigenvalue weighted by molar-refractivity contribution is 7.93. The molecule has 1 N–H and O–H groups in total. The van der Waals surface area contributed by atoms with Crippen molar-refractivity contribution in [2.75, 3.05) is 26.1 Å². The summed E-state index contributed by atoms with van der Waals surface area (Å²) in [6.07, 6.45) is 1.83. The van der Waals surface area contributed by atoms with Crippen molar-refractivity contribution in [1.29, 1.82) is 0 Å². The van der Waals surface area contributed by atoms with Crippen molar-refractivity contribution in [3.63, 3.8) is 0 Å². The van der Waals surface area contributed by atoms with E-state index in [1.807, 2.05) is 0 Å². The number of hydrogen-bond acceptors (Lipinski definition) is 6. The summed E-state index contributed by atoms with van der Waals surface area (Å²) in [5.41, 5.74) is 0.155. The molecule has 1 rings (SSSR count). The molecule has 0 saturated heterocycles. The fourth-order valence-electron chi connectivity index (χ4n) is 1.54. The summed E-state index contributed by atoms with van der Waals surface area (Å²) < 4.78 is 46.4. The third kappa shape index (κ3) is 3.85. The highest BCUT2D eigenvalue weighted by Crippen LogP contribution is 2.22. The van der Waals surface area contributed by atoms with Gasteiger partial charge in [-0.05, 0) is 25.2 Å². The molecule has 0 aliphatic carbocycles. The van der Waals surface area contributed by atoms with Gasteiger partial charge < -0.3 is 5.32 Å². The normalized spacial score (nSPS) is 12.4. The number of benzene rings is 1. The molecule has 0 aliphatic rings. The summed E-state index contributed by atoms with van der Waals surface area (Å²) in [6, 6.07) is 3.56. The Morgan fingerprint density at radius 1 is 1.05 bits per heavy atom. The largest absolute Gasteiger partial charge is 0.313 e. The first-order chi connectivity index (χ1) is 8.57. The van der Waals surface area contributed by atoms with Crippen molar-refractivity contribution in [3.8, 4) is 0 Å². The zero-order valence-corrected chi connectivity index (χ0v) is 12.4. The predicted octanol–water partition coefficient (Wildman–Crippen LogP) is -0.104. The van der Waals surface area contributed by atoms with Crippen LogP contribution >= 0.6 is 0 Å². The Morgan fingerprint density at radius 3 is 2.00 bits per heavy atom. The van der Waals surface area contributed by atoms with Crippen LogP contribution in [0.15, 0.2) is 28.0 Å². The lowest BCUT2D eigenvalue weighted by Crippen LogP contribution is -2.19. The van der Waals surface area contributed by atoms with Gasteiger partial charge in [0.1, 0.15) is 0 Å². The number of nitrogens with one attached hydrogen (secondary N) is 1. The zero-order chi connectivity index (χ0) is 14.8. The van der Waals surface area contributed by atoms with Crippen LogP contribution in [0.4, 0.5) is 0 Å². The molecule has 1 aromatic rings. The Balaban J connectivity index is 3.54. The molecule has 0 spiro atoms. The highest BCUT2D eigenvalue weighted by atomic mass is 32.2. The molecule has 0 aromatic heterocycles. The summed E-state index contributed by atoms with van der Waals surface area (Å²) in [4.78, 5) is 11.0. The Morgan fingerprint density at radius 2 is 1.58 bits per heavy atom. The van der Waals surface area contributed by atoms with Crippen molar-refractivity contribution in [2.24, 2.45) is 0 Å². The minimum absolute atomic E-state index is 0.0431. The van der Waals surface area contributed by atoms with Crippen LogP contribution in [0.1, 0.15) is 10.4 Å². The van der Waals surface area contributed by atoms with Crippen LogP contribution in [0.3, 0.4) is 0 Å². The van der Waals surface area contributed by atoms with Crippen LogP contribution in [0, 0.1) is 0 Å². The Hall–Kier alpha value is -1.25. The van der Waals surface area contributed by atoms with E-state index in [0.29, 0.717) is 0 Å². The van der Waals surface area contributed by atoms with E-state index in [9.17, 15) is 21.6 Å². The topological polar surface area (TPSA) is 97.4 Å². The molecule has 0 aliphatic heterocycles. The minimum atomic E-state index is -3.74. The molecule has 0 atom stereocenters. The second-order valence-electron chi connectivity index (χ2n) is 4.16. The fraction of sp³-hybridized carbons (Fsp3) is 0.364. The van der Waals surface area contributed by atoms with E-state index >= 15 is 0 Å². The van der Waals surface area contributed by atoms with Gasteiger partial charge in [0.2, 0.25) is 0 Å². The average Bonchev–Trinajstić information content (AvgIpc) is 2.26. The van der Waals surface area contributed by atoms with E-state index in [4.69, 9.17) is 0 Å². The first kappa shape index (κ1) is 15.8. The second-order valence-corrected chi connectivity index (χ2v) is 8.13. The van der Waals surface area contributed by atoms with Crippen molar-refractivity contribution in [3.05, 3.63) is 23.8 Å². The molecule has 6 nitrogen and oxygen atoms in total. The smallest absolute Gasteiger partial charge is 0.176 e. The van der Waals surface area contributed by atoms with Gasteiger partial charge in [0, 0.05) is 18.1 Å². The van der Waals surface area contributed by atoms with Gasteiger partial charge in [0.25, 0.3) is 0 Å². The molecule has 0 heterocycles. The van der Waals surface area contributed by atoms with Gasteiger partial charge >= 0.3 is 0 Å². The number of Topliss-reactive ketones (excluding diaryl/α,β-unsaturated/α-hetero) is 1. The van der Waals surface area contributed by atoms with Crippen LogP contribution in [-0.2, 0) is 19.7 Å². The molecule has 0 fully saturated rings. The van der Waals surface area contributed by atoms with Crippen LogP contribution in [0.25, 0.3) is 0 Å². The van der Waals surface area contributed by atoms with Crippen molar-refractivity contribution in [2.45, 2.75) is 9.79 Å². The molecule has 8 heteroatoms. The molecule has 0 radical (unpaired) electrons. The maximum atomic E-state index is 11.7. The molecular formula is C11H15NO5S2. The SMILES string of the molecule is CNCC(=O)c1ccc(S(C)(=O)=O)c(S(C)(=O)=O)c1. The Labute approximate surface area is 112 Å². The van der Waals surface area contributed by atoms with Crippen molar-refractivity contribution < 1.29 is 21.6 Å². The van der Waals surface area contributed by atoms with Crippen LogP contribution in [-0.4, -0.2) is 48.7 Å². The van der Waals surface area contributed by atoms with E-state index in [1.54, 1.807) is 7.05 Å². The molecular weight excluding hydrogens is 290 g/mol. The van der Waals surface area contributed by atoms with Crippen molar-refractivity contribution >= 4 is 25.5 Å². The summed E-state index contributed by atoms with van der Waals surface area (Å²) in [7, 11) is -5.83. The summed E-state index contributed by atoms with van der Waals surface area (Å²) >= 11 is 0. The minimum Gasteiger partial charge on any atom is -0.313 e. The van der Waals surface area contributed by atoms with Gasteiger partial charge in [-0.15, -0.1) is 0 Å². The quantitative estimate of drug-likeness (QED) is 0.763. The number of rotatable bonds is 5. The number of carbonyl (C=O) groups is 1. The van der Waals surface area contributed by atoms with Crippen molar-refractivity contribution in [1.82, 2.24) is 5.32 Å². The number of ketones is 1. The lowest BCUT2D eigenvalue weighted by Gasteiger charge is -2.08. The standard InChI is InChI=1S/C11H15NO5S2/c1-12-7-9(13)8-4-5-10(18(2,14)15)11(6-8)19(3,16)17/h4-6,12H,7H2,1-3H3. The molecule has 1 aromatic carbocycles. The van der Waals surface area contributed by atoms with E-state index in [1.165, 1.54) is 6.07 Å². The lowest BCUT2D eigenvalue weighted by molar-refractivity contribution is 0.0993. The molecule has 0 amide bonds. The summed E-state index contributed by atoms with van der Waals surface area (Å²) in [6.45, 7) is 0.0431. The third-order valence-corrected chi connectivity index (χ3v) is 4.82. The maximum Gasteiger partial charge on any atom is 0.176 e. The monoisotopic (exact) mass is 305 g/mol. The van der Waals surface area contributed by atoms with E-state index in [2.05, 4.69) is 5.32 Å². The fourth-order valence-corrected chi connectivity index (χ4v) is 3.96. The number of sulfone groups is 2. The Kier molecular flexibility index (Phi) is 4.49. The Bertz CT molecular complexity index is 705. The summed E-state index contributed by atoms with van der Waals surface area (Å²) in [5, 5.41) is 2.65. The van der Waals surface area contributed by atoms with Gasteiger partial charge in [0.15, 0.2) is 25.5 Å². The van der Waals surface area contributed by atoms with Gasteiger partial charge in [-0.3, -0.25) is 4.79 Å². The van der Waals surface area contributed by atoms with Gasteiger partial charge in [-0.1, -0.05) is 0 Å².